The van der Waals surface area contributed by atoms with Gasteiger partial charge in [0.2, 0.25) is 0 Å². The van der Waals surface area contributed by atoms with E-state index in [4.69, 9.17) is 9.57 Å². The van der Waals surface area contributed by atoms with Crippen molar-refractivity contribution in [2.45, 2.75) is 32.6 Å². The second kappa shape index (κ2) is 11.7. The number of likely N-dealkylation sites (tertiary alicyclic amines) is 1. The Balaban J connectivity index is 1.10. The first-order valence-electron chi connectivity index (χ1n) is 14.2. The molecule has 2 aliphatic rings. The summed E-state index contributed by atoms with van der Waals surface area (Å²) in [6.45, 7) is 2.73. The number of nitrogens with one attached hydrogen (secondary N) is 2. The molecule has 0 bridgehead atoms. The normalized spacial score (nSPS) is 15.3. The second-order valence-electron chi connectivity index (χ2n) is 10.8. The highest BCUT2D eigenvalue weighted by atomic mass is 19.1. The fourth-order valence-electron chi connectivity index (χ4n) is 5.27. The van der Waals surface area contributed by atoms with Crippen LogP contribution in [0.5, 0.6) is 5.75 Å². The summed E-state index contributed by atoms with van der Waals surface area (Å²) in [5, 5.41) is 3.28. The first-order valence-corrected chi connectivity index (χ1v) is 14.2. The number of carbonyl (C=O) groups is 3. The number of rotatable bonds is 7. The summed E-state index contributed by atoms with van der Waals surface area (Å²) >= 11 is 0. The average Bonchev–Trinajstić information content (AvgIpc) is 3.78. The van der Waals surface area contributed by atoms with Gasteiger partial charge in [0.25, 0.3) is 11.8 Å². The summed E-state index contributed by atoms with van der Waals surface area (Å²) in [4.78, 5) is 53.0. The third kappa shape index (κ3) is 5.85. The van der Waals surface area contributed by atoms with Gasteiger partial charge in [0, 0.05) is 48.2 Å². The van der Waals surface area contributed by atoms with Crippen LogP contribution in [0.25, 0.3) is 16.9 Å². The van der Waals surface area contributed by atoms with Crippen LogP contribution >= 0.6 is 0 Å². The Morgan fingerprint density at radius 3 is 2.49 bits per heavy atom. The molecule has 0 radical (unpaired) electrons. The zero-order valence-electron chi connectivity index (χ0n) is 23.8. The molecule has 3 heterocycles. The minimum absolute atomic E-state index is 0.0923. The molecule has 2 N–H and O–H groups in total. The molecule has 222 valence electrons. The van der Waals surface area contributed by atoms with Gasteiger partial charge in [0.15, 0.2) is 23.0 Å². The molecule has 2 aromatic heterocycles. The van der Waals surface area contributed by atoms with Crippen LogP contribution in [0, 0.1) is 24.6 Å². The van der Waals surface area contributed by atoms with Gasteiger partial charge in [-0.25, -0.2) is 19.2 Å². The van der Waals surface area contributed by atoms with Gasteiger partial charge in [0.05, 0.1) is 24.9 Å². The lowest BCUT2D eigenvalue weighted by molar-refractivity contribution is -0.161. The number of benzene rings is 2. The molecule has 0 spiro atoms. The molecule has 0 unspecified atom stereocenters. The zero-order valence-corrected chi connectivity index (χ0v) is 23.8. The molecule has 43 heavy (non-hydrogen) atoms. The van der Waals surface area contributed by atoms with E-state index in [1.54, 1.807) is 41.7 Å². The molecule has 1 saturated carbocycles. The van der Waals surface area contributed by atoms with Crippen molar-refractivity contribution < 1.29 is 28.3 Å². The number of hydrogen-bond acceptors (Lipinski definition) is 8. The van der Waals surface area contributed by atoms with Crippen molar-refractivity contribution in [2.24, 2.45) is 11.8 Å². The molecule has 6 rings (SSSR count). The molecular weight excluding hydrogens is 555 g/mol. The van der Waals surface area contributed by atoms with Crippen LogP contribution in [0.15, 0.2) is 55.0 Å². The number of aromatic nitrogens is 3. The molecule has 1 aliphatic carbocycles. The van der Waals surface area contributed by atoms with E-state index < -0.39 is 5.82 Å². The number of nitrogens with zero attached hydrogens (tertiary/aromatic N) is 4. The fraction of sp³-hybridized carbons (Fsp3) is 0.323. The Bertz CT molecular complexity index is 1710. The number of amides is 2. The average molecular weight is 587 g/mol. The van der Waals surface area contributed by atoms with Crippen molar-refractivity contribution in [3.63, 3.8) is 0 Å². The second-order valence-corrected chi connectivity index (χ2v) is 10.8. The number of piperidine rings is 1. The molecular formula is C31H31FN6O5. The SMILES string of the molecule is COc1ccc(-c2cnc3c(Nc4ccc(C(=O)N5CCC(C(=O)NOC(=O)C6CC6)CC5)c(C)c4)nccn23)cc1F. The summed E-state index contributed by atoms with van der Waals surface area (Å²) in [6, 6.07) is 10.2. The Morgan fingerprint density at radius 1 is 1.00 bits per heavy atom. The van der Waals surface area contributed by atoms with Crippen molar-refractivity contribution in [1.82, 2.24) is 24.7 Å². The van der Waals surface area contributed by atoms with Crippen LogP contribution in [-0.2, 0) is 14.4 Å². The lowest BCUT2D eigenvalue weighted by atomic mass is 9.95. The monoisotopic (exact) mass is 586 g/mol. The Hall–Kier alpha value is -5.00. The number of methoxy groups -OCH3 is 1. The molecule has 11 nitrogen and oxygen atoms in total. The minimum atomic E-state index is -0.464. The maximum absolute atomic E-state index is 14.3. The van der Waals surface area contributed by atoms with E-state index >= 15 is 0 Å². The van der Waals surface area contributed by atoms with Gasteiger partial charge < -0.3 is 19.8 Å². The third-order valence-electron chi connectivity index (χ3n) is 7.91. The maximum atomic E-state index is 14.3. The largest absolute Gasteiger partial charge is 0.494 e. The van der Waals surface area contributed by atoms with E-state index in [0.717, 1.165) is 24.1 Å². The van der Waals surface area contributed by atoms with Gasteiger partial charge >= 0.3 is 5.97 Å². The highest BCUT2D eigenvalue weighted by Crippen LogP contribution is 2.31. The van der Waals surface area contributed by atoms with E-state index in [1.807, 2.05) is 23.5 Å². The Labute approximate surface area is 247 Å². The maximum Gasteiger partial charge on any atom is 0.335 e. The molecule has 2 amide bonds. The van der Waals surface area contributed by atoms with E-state index in [0.29, 0.717) is 54.2 Å². The van der Waals surface area contributed by atoms with Gasteiger partial charge in [-0.1, -0.05) is 0 Å². The van der Waals surface area contributed by atoms with E-state index in [9.17, 15) is 18.8 Å². The summed E-state index contributed by atoms with van der Waals surface area (Å²) in [7, 11) is 1.42. The summed E-state index contributed by atoms with van der Waals surface area (Å²) in [6.07, 6.45) is 7.63. The first-order chi connectivity index (χ1) is 20.8. The van der Waals surface area contributed by atoms with Crippen LogP contribution in [0.3, 0.4) is 0 Å². The van der Waals surface area contributed by atoms with Crippen LogP contribution in [0.4, 0.5) is 15.9 Å². The van der Waals surface area contributed by atoms with Gasteiger partial charge in [-0.3, -0.25) is 14.0 Å². The van der Waals surface area contributed by atoms with E-state index in [1.165, 1.54) is 13.2 Å². The topological polar surface area (TPSA) is 127 Å². The summed E-state index contributed by atoms with van der Waals surface area (Å²) in [5.41, 5.74) is 6.26. The molecule has 4 aromatic rings. The zero-order chi connectivity index (χ0) is 30.1. The number of aryl methyl sites for hydroxylation is 1. The van der Waals surface area contributed by atoms with Crippen LogP contribution in [0.1, 0.15) is 41.6 Å². The Morgan fingerprint density at radius 2 is 1.79 bits per heavy atom. The number of anilines is 2. The predicted octanol–water partition coefficient (Wildman–Crippen LogP) is 4.43. The number of hydrogen-bond donors (Lipinski definition) is 2. The number of ether oxygens (including phenoxy) is 1. The number of carbonyl (C=O) groups excluding carboxylic acids is 3. The van der Waals surface area contributed by atoms with Crippen molar-refractivity contribution in [3.8, 4) is 17.0 Å². The molecule has 2 aromatic carbocycles. The number of fused-ring (bicyclic) bond motifs is 1. The quantitative estimate of drug-likeness (QED) is 0.305. The van der Waals surface area contributed by atoms with Crippen molar-refractivity contribution in [1.29, 1.82) is 0 Å². The van der Waals surface area contributed by atoms with Crippen LogP contribution in [-0.4, -0.2) is 57.3 Å². The molecule has 2 fully saturated rings. The van der Waals surface area contributed by atoms with Crippen molar-refractivity contribution in [3.05, 3.63) is 71.9 Å². The molecule has 12 heteroatoms. The van der Waals surface area contributed by atoms with Gasteiger partial charge in [-0.2, -0.15) is 5.48 Å². The summed E-state index contributed by atoms with van der Waals surface area (Å²) in [5.74, 6) is -1.01. The minimum Gasteiger partial charge on any atom is -0.494 e. The lowest BCUT2D eigenvalue weighted by Gasteiger charge is -2.31. The highest BCUT2D eigenvalue weighted by molar-refractivity contribution is 5.96. The highest BCUT2D eigenvalue weighted by Gasteiger charge is 2.33. The van der Waals surface area contributed by atoms with Gasteiger partial charge in [-0.05, 0) is 74.6 Å². The van der Waals surface area contributed by atoms with Crippen LogP contribution < -0.4 is 15.5 Å². The number of hydroxylamine groups is 1. The lowest BCUT2D eigenvalue weighted by Crippen LogP contribution is -2.43. The van der Waals surface area contributed by atoms with E-state index in [2.05, 4.69) is 20.8 Å². The first kappa shape index (κ1) is 28.1. The molecule has 0 atom stereocenters. The number of imidazole rings is 1. The summed E-state index contributed by atoms with van der Waals surface area (Å²) < 4.78 is 21.2. The standard InChI is InChI=1S/C31H31FN6O5/c1-18-15-22(35-27-28-34-17-25(38(28)14-11-33-27)21-5-8-26(42-2)24(32)16-21)6-7-23(18)30(40)37-12-9-19(10-13-37)29(39)36-43-31(41)20-3-4-20/h5-8,11,14-17,19-20H,3-4,9-10,12-13H2,1-2H3,(H,33,35)(H,36,39). The van der Waals surface area contributed by atoms with Crippen LogP contribution in [0.2, 0.25) is 0 Å². The fourth-order valence-corrected chi connectivity index (χ4v) is 5.27. The van der Waals surface area contributed by atoms with Crippen molar-refractivity contribution >= 4 is 34.9 Å². The predicted molar refractivity (Wildman–Crippen MR) is 155 cm³/mol. The van der Waals surface area contributed by atoms with Crippen molar-refractivity contribution in [2.75, 3.05) is 25.5 Å². The smallest absolute Gasteiger partial charge is 0.335 e. The third-order valence-corrected chi connectivity index (χ3v) is 7.91. The molecule has 1 aliphatic heterocycles. The van der Waals surface area contributed by atoms with Gasteiger partial charge in [-0.15, -0.1) is 0 Å². The Kier molecular flexibility index (Phi) is 7.66. The molecule has 1 saturated heterocycles. The van der Waals surface area contributed by atoms with Gasteiger partial charge in [0.1, 0.15) is 0 Å². The van der Waals surface area contributed by atoms with E-state index in [-0.39, 0.29) is 35.4 Å². The number of halogens is 1.